The summed E-state index contributed by atoms with van der Waals surface area (Å²) in [7, 11) is 0. The van der Waals surface area contributed by atoms with Crippen LogP contribution in [0.1, 0.15) is 62.9 Å². The zero-order chi connectivity index (χ0) is 30.0. The number of hydrogen-bond donors (Lipinski definition) is 0. The molecule has 4 saturated heterocycles. The summed E-state index contributed by atoms with van der Waals surface area (Å²) in [6.07, 6.45) is 6.30. The lowest BCUT2D eigenvalue weighted by atomic mass is 9.84. The summed E-state index contributed by atoms with van der Waals surface area (Å²) < 4.78 is 45.5. The van der Waals surface area contributed by atoms with Crippen LogP contribution in [0.4, 0.5) is 0 Å². The number of esters is 1. The third-order valence-electron chi connectivity index (χ3n) is 10.3. The minimum atomic E-state index is -0.233. The van der Waals surface area contributed by atoms with E-state index < -0.39 is 0 Å². The molecule has 2 aromatic rings. The molecule has 0 bridgehead atoms. The lowest BCUT2D eigenvalue weighted by Gasteiger charge is -2.19. The average molecular weight is 603 g/mol. The van der Waals surface area contributed by atoms with Gasteiger partial charge in [-0.15, -0.1) is 0 Å². The highest BCUT2D eigenvalue weighted by molar-refractivity contribution is 5.91. The Hall–Kier alpha value is -3.53. The molecule has 6 heterocycles. The highest BCUT2D eigenvalue weighted by Gasteiger charge is 2.61. The highest BCUT2D eigenvalue weighted by atomic mass is 16.7. The molecule has 9 rings (SSSR count). The van der Waals surface area contributed by atoms with Crippen LogP contribution in [0, 0.1) is 17.8 Å². The van der Waals surface area contributed by atoms with Crippen LogP contribution < -0.4 is 18.9 Å². The number of epoxide rings is 1. The first-order valence-electron chi connectivity index (χ1n) is 15.6. The Morgan fingerprint density at radius 1 is 0.841 bits per heavy atom. The van der Waals surface area contributed by atoms with E-state index in [0.717, 1.165) is 59.8 Å². The second-order valence-corrected chi connectivity index (χ2v) is 13.0. The van der Waals surface area contributed by atoms with Gasteiger partial charge in [0.25, 0.3) is 0 Å². The quantitative estimate of drug-likeness (QED) is 0.178. The smallest absolute Gasteiger partial charge is 0.334 e. The summed E-state index contributed by atoms with van der Waals surface area (Å²) in [4.78, 5) is 11.7. The lowest BCUT2D eigenvalue weighted by Crippen LogP contribution is -2.28. The molecule has 9 heteroatoms. The van der Waals surface area contributed by atoms with Crippen molar-refractivity contribution >= 4 is 5.97 Å². The van der Waals surface area contributed by atoms with Gasteiger partial charge in [-0.05, 0) is 74.9 Å². The van der Waals surface area contributed by atoms with Crippen LogP contribution in [0.5, 0.6) is 23.0 Å². The minimum Gasteiger partial charge on any atom is -0.455 e. The topological polar surface area (TPSA) is 94.2 Å². The summed E-state index contributed by atoms with van der Waals surface area (Å²) >= 11 is 0. The predicted molar refractivity (Wildman–Crippen MR) is 158 cm³/mol. The van der Waals surface area contributed by atoms with Gasteiger partial charge in [-0.25, -0.2) is 4.79 Å². The Bertz CT molecular complexity index is 1440. The van der Waals surface area contributed by atoms with Crippen LogP contribution >= 0.6 is 0 Å². The fourth-order valence-electron chi connectivity index (χ4n) is 7.62. The average Bonchev–Trinajstić information content (AvgIpc) is 3.67. The third-order valence-corrected chi connectivity index (χ3v) is 10.3. The molecular formula is C35H38O9. The summed E-state index contributed by atoms with van der Waals surface area (Å²) in [5.41, 5.74) is 4.16. The molecule has 6 aliphatic heterocycles. The molecule has 9 nitrogen and oxygen atoms in total. The number of carbonyl (C=O) groups is 1. The Labute approximate surface area is 257 Å². The van der Waals surface area contributed by atoms with Gasteiger partial charge in [0.15, 0.2) is 23.0 Å². The van der Waals surface area contributed by atoms with Crippen LogP contribution in [-0.4, -0.2) is 50.6 Å². The van der Waals surface area contributed by atoms with Crippen LogP contribution in [0.3, 0.4) is 0 Å². The predicted octanol–water partition coefficient (Wildman–Crippen LogP) is 5.98. The van der Waals surface area contributed by atoms with Gasteiger partial charge in [0.05, 0.1) is 31.0 Å². The van der Waals surface area contributed by atoms with Crippen molar-refractivity contribution < 1.29 is 42.7 Å². The van der Waals surface area contributed by atoms with Gasteiger partial charge in [-0.2, -0.15) is 0 Å². The lowest BCUT2D eigenvalue weighted by molar-refractivity contribution is -0.140. The van der Waals surface area contributed by atoms with Gasteiger partial charge in [-0.3, -0.25) is 0 Å². The first-order valence-corrected chi connectivity index (χ1v) is 15.6. The van der Waals surface area contributed by atoms with Crippen molar-refractivity contribution in [3.8, 4) is 23.0 Å². The molecular weight excluding hydrogens is 564 g/mol. The fourth-order valence-corrected chi connectivity index (χ4v) is 7.62. The van der Waals surface area contributed by atoms with Crippen molar-refractivity contribution in [2.45, 2.75) is 69.5 Å². The molecule has 0 saturated carbocycles. The Morgan fingerprint density at radius 3 is 2.05 bits per heavy atom. The molecule has 8 unspecified atom stereocenters. The van der Waals surface area contributed by atoms with Gasteiger partial charge in [0, 0.05) is 23.3 Å². The highest BCUT2D eigenvalue weighted by Crippen LogP contribution is 2.52. The largest absolute Gasteiger partial charge is 0.455 e. The van der Waals surface area contributed by atoms with Crippen molar-refractivity contribution in [3.05, 3.63) is 71.3 Å². The summed E-state index contributed by atoms with van der Waals surface area (Å²) in [5.74, 6) is 3.72. The summed E-state index contributed by atoms with van der Waals surface area (Å²) in [5, 5.41) is 0. The molecule has 232 valence electrons. The maximum Gasteiger partial charge on any atom is 0.334 e. The van der Waals surface area contributed by atoms with Gasteiger partial charge >= 0.3 is 5.97 Å². The van der Waals surface area contributed by atoms with E-state index >= 15 is 0 Å². The van der Waals surface area contributed by atoms with Gasteiger partial charge in [0.2, 0.25) is 13.6 Å². The van der Waals surface area contributed by atoms with Crippen LogP contribution in [-0.2, 0) is 23.7 Å². The normalized spacial score (nSPS) is 36.0. The third kappa shape index (κ3) is 4.86. The maximum absolute atomic E-state index is 11.7. The van der Waals surface area contributed by atoms with Crippen molar-refractivity contribution in [1.29, 1.82) is 0 Å². The van der Waals surface area contributed by atoms with E-state index in [1.165, 1.54) is 5.57 Å². The molecule has 0 radical (unpaired) electrons. The number of ether oxygens (including phenoxy) is 8. The summed E-state index contributed by atoms with van der Waals surface area (Å²) in [6.45, 7) is 10.1. The Kier molecular flexibility index (Phi) is 6.88. The zero-order valence-corrected chi connectivity index (χ0v) is 25.1. The van der Waals surface area contributed by atoms with E-state index in [1.54, 1.807) is 0 Å². The first-order chi connectivity index (χ1) is 21.4. The molecule has 8 atom stereocenters. The van der Waals surface area contributed by atoms with Gasteiger partial charge in [0.1, 0.15) is 12.2 Å². The van der Waals surface area contributed by atoms with E-state index in [1.807, 2.05) is 24.3 Å². The standard InChI is InChI=1S/C20H18O6.C15H20O3/c1-3-15-17(25-9-23-15)5-11(1)19-13-7-22-20(14(13)8-21-19)12-2-4-16-18(6-12)26-10-24-16;1-9-5-4-8-15(3)13(18-15)12-11(7-6-9)10(2)14(16)17-12/h1-6,13-14,19-20H,7-10H2;5,11-13H,2,4,6-8H2,1,3H3. The Balaban J connectivity index is 0.000000141. The van der Waals surface area contributed by atoms with E-state index in [2.05, 4.69) is 38.6 Å². The number of hydrogen-bond acceptors (Lipinski definition) is 9. The van der Waals surface area contributed by atoms with Crippen molar-refractivity contribution in [2.75, 3.05) is 26.8 Å². The molecule has 0 aromatic heterocycles. The summed E-state index contributed by atoms with van der Waals surface area (Å²) in [6, 6.07) is 12.1. The molecule has 4 fully saturated rings. The first kappa shape index (κ1) is 28.0. The number of allylic oxidation sites excluding steroid dienone is 2. The molecule has 44 heavy (non-hydrogen) atoms. The van der Waals surface area contributed by atoms with Crippen LogP contribution in [0.15, 0.2) is 60.2 Å². The van der Waals surface area contributed by atoms with E-state index in [0.29, 0.717) is 30.6 Å². The van der Waals surface area contributed by atoms with Crippen molar-refractivity contribution in [1.82, 2.24) is 0 Å². The molecule has 0 spiro atoms. The number of fused-ring (bicyclic) bond motifs is 6. The fraction of sp³-hybridized carbons (Fsp3) is 0.514. The van der Waals surface area contributed by atoms with Crippen LogP contribution in [0.25, 0.3) is 0 Å². The van der Waals surface area contributed by atoms with Crippen molar-refractivity contribution in [2.24, 2.45) is 17.8 Å². The zero-order valence-electron chi connectivity index (χ0n) is 25.1. The minimum absolute atomic E-state index is 0.0218. The Morgan fingerprint density at radius 2 is 1.43 bits per heavy atom. The number of rotatable bonds is 2. The number of benzene rings is 2. The SMILES string of the molecule is C=C1C(=O)OC2C1CCC(C)=CCCC1(C)OC21.c1cc2c(cc1C1OCC3C(c4ccc5c(c4)OCO5)OCC13)OCO2. The molecule has 2 aromatic carbocycles. The maximum atomic E-state index is 11.7. The number of carbonyl (C=O) groups excluding carboxylic acids is 1. The second kappa shape index (κ2) is 10.8. The van der Waals surface area contributed by atoms with Gasteiger partial charge < -0.3 is 37.9 Å². The van der Waals surface area contributed by atoms with Crippen molar-refractivity contribution in [3.63, 3.8) is 0 Å². The molecule has 0 N–H and O–H groups in total. The molecule has 1 aliphatic carbocycles. The van der Waals surface area contributed by atoms with E-state index in [-0.39, 0.29) is 55.5 Å². The van der Waals surface area contributed by atoms with Gasteiger partial charge in [-0.1, -0.05) is 30.4 Å². The molecule has 0 amide bonds. The monoisotopic (exact) mass is 602 g/mol. The van der Waals surface area contributed by atoms with Crippen LogP contribution in [0.2, 0.25) is 0 Å². The molecule has 7 aliphatic rings. The van der Waals surface area contributed by atoms with E-state index in [4.69, 9.17) is 37.9 Å². The van der Waals surface area contributed by atoms with E-state index in [9.17, 15) is 4.79 Å². The second-order valence-electron chi connectivity index (χ2n) is 13.0.